The lowest BCUT2D eigenvalue weighted by Crippen LogP contribution is -2.45. The Morgan fingerprint density at radius 2 is 2.00 bits per heavy atom. The van der Waals surface area contributed by atoms with Crippen LogP contribution in [0.4, 0.5) is 8.78 Å². The second kappa shape index (κ2) is 5.03. The number of nitrogens with two attached hydrogens (primary N) is 1. The van der Waals surface area contributed by atoms with Crippen LogP contribution in [-0.2, 0) is 4.74 Å². The first-order valence-electron chi connectivity index (χ1n) is 5.28. The highest BCUT2D eigenvalue weighted by Crippen LogP contribution is 2.36. The number of hydrogen-bond donors (Lipinski definition) is 1. The van der Waals surface area contributed by atoms with Gasteiger partial charge in [-0.15, -0.1) is 0 Å². The van der Waals surface area contributed by atoms with Crippen molar-refractivity contribution < 1.29 is 13.5 Å². The van der Waals surface area contributed by atoms with Gasteiger partial charge in [-0.25, -0.2) is 0 Å². The predicted molar refractivity (Wildman–Crippen MR) is 51.1 cm³/mol. The van der Waals surface area contributed by atoms with Gasteiger partial charge in [0.25, 0.3) is 0 Å². The lowest BCUT2D eigenvalue weighted by Gasteiger charge is -2.38. The van der Waals surface area contributed by atoms with Crippen molar-refractivity contribution in [2.24, 2.45) is 11.7 Å². The fourth-order valence-corrected chi connectivity index (χ4v) is 2.17. The fraction of sp³-hybridized carbons (Fsp3) is 1.00. The maximum absolute atomic E-state index is 12.2. The van der Waals surface area contributed by atoms with Gasteiger partial charge >= 0.3 is 6.61 Å². The summed E-state index contributed by atoms with van der Waals surface area (Å²) in [5.74, 6) is 0.663. The Morgan fingerprint density at radius 3 is 2.36 bits per heavy atom. The summed E-state index contributed by atoms with van der Waals surface area (Å²) in [6, 6.07) is 0. The van der Waals surface area contributed by atoms with Gasteiger partial charge in [-0.3, -0.25) is 0 Å². The molecule has 1 saturated carbocycles. The summed E-state index contributed by atoms with van der Waals surface area (Å²) in [7, 11) is 0. The molecule has 84 valence electrons. The Bertz CT molecular complexity index is 168. The SMILES string of the molecule is CCC1CCC(CN)(OC(F)F)CC1. The third kappa shape index (κ3) is 2.89. The molecular weight excluding hydrogens is 188 g/mol. The van der Waals surface area contributed by atoms with Crippen LogP contribution in [0, 0.1) is 5.92 Å². The van der Waals surface area contributed by atoms with Crippen molar-refractivity contribution in [3.05, 3.63) is 0 Å². The first kappa shape index (κ1) is 11.9. The molecule has 4 heteroatoms. The minimum absolute atomic E-state index is 0.202. The van der Waals surface area contributed by atoms with E-state index in [1.807, 2.05) is 0 Å². The number of rotatable bonds is 4. The van der Waals surface area contributed by atoms with Crippen LogP contribution in [0.1, 0.15) is 39.0 Å². The molecule has 0 aromatic rings. The van der Waals surface area contributed by atoms with Gasteiger partial charge in [-0.05, 0) is 31.6 Å². The average Bonchev–Trinajstić information content (AvgIpc) is 2.18. The average molecular weight is 207 g/mol. The summed E-state index contributed by atoms with van der Waals surface area (Å²) >= 11 is 0. The maximum Gasteiger partial charge on any atom is 0.345 e. The smallest absolute Gasteiger partial charge is 0.328 e. The summed E-state index contributed by atoms with van der Waals surface area (Å²) in [5.41, 5.74) is 4.76. The van der Waals surface area contributed by atoms with Crippen LogP contribution in [0.15, 0.2) is 0 Å². The van der Waals surface area contributed by atoms with Crippen molar-refractivity contribution in [2.75, 3.05) is 6.54 Å². The Labute approximate surface area is 83.8 Å². The minimum Gasteiger partial charge on any atom is -0.328 e. The van der Waals surface area contributed by atoms with Crippen LogP contribution in [0.2, 0.25) is 0 Å². The van der Waals surface area contributed by atoms with Gasteiger partial charge in [0.05, 0.1) is 5.60 Å². The summed E-state index contributed by atoms with van der Waals surface area (Å²) in [6.07, 6.45) is 4.38. The summed E-state index contributed by atoms with van der Waals surface area (Å²) in [4.78, 5) is 0. The molecule has 0 atom stereocenters. The highest BCUT2D eigenvalue weighted by Gasteiger charge is 2.36. The van der Waals surface area contributed by atoms with Crippen LogP contribution < -0.4 is 5.73 Å². The standard InChI is InChI=1S/C10H19F2NO/c1-2-8-3-5-10(7-13,6-4-8)14-9(11)12/h8-9H,2-7,13H2,1H3. The first-order valence-corrected chi connectivity index (χ1v) is 5.28. The van der Waals surface area contributed by atoms with Crippen LogP contribution in [0.3, 0.4) is 0 Å². The molecule has 0 saturated heterocycles. The Morgan fingerprint density at radius 1 is 1.43 bits per heavy atom. The highest BCUT2D eigenvalue weighted by atomic mass is 19.3. The Kier molecular flexibility index (Phi) is 4.26. The monoisotopic (exact) mass is 207 g/mol. The Hall–Kier alpha value is -0.220. The third-order valence-electron chi connectivity index (χ3n) is 3.30. The van der Waals surface area contributed by atoms with Crippen molar-refractivity contribution in [3.8, 4) is 0 Å². The molecule has 0 aromatic heterocycles. The van der Waals surface area contributed by atoms with Gasteiger partial charge in [-0.1, -0.05) is 13.3 Å². The largest absolute Gasteiger partial charge is 0.345 e. The van der Waals surface area contributed by atoms with Crippen LogP contribution in [-0.4, -0.2) is 18.8 Å². The molecule has 0 unspecified atom stereocenters. The summed E-state index contributed by atoms with van der Waals surface area (Å²) < 4.78 is 29.0. The first-order chi connectivity index (χ1) is 6.62. The molecular formula is C10H19F2NO. The highest BCUT2D eigenvalue weighted by molar-refractivity contribution is 4.87. The van der Waals surface area contributed by atoms with E-state index in [-0.39, 0.29) is 6.54 Å². The molecule has 0 heterocycles. The minimum atomic E-state index is -2.70. The van der Waals surface area contributed by atoms with Gasteiger partial charge in [-0.2, -0.15) is 8.78 Å². The topological polar surface area (TPSA) is 35.2 Å². The van der Waals surface area contributed by atoms with Gasteiger partial charge in [0.1, 0.15) is 0 Å². The molecule has 1 fully saturated rings. The van der Waals surface area contributed by atoms with E-state index in [9.17, 15) is 8.78 Å². The quantitative estimate of drug-likeness (QED) is 0.768. The van der Waals surface area contributed by atoms with Crippen molar-refractivity contribution in [2.45, 2.75) is 51.2 Å². The van der Waals surface area contributed by atoms with E-state index in [1.165, 1.54) is 0 Å². The third-order valence-corrected chi connectivity index (χ3v) is 3.30. The zero-order valence-corrected chi connectivity index (χ0v) is 8.64. The zero-order chi connectivity index (χ0) is 10.6. The van der Waals surface area contributed by atoms with Gasteiger partial charge in [0.15, 0.2) is 0 Å². The van der Waals surface area contributed by atoms with E-state index in [2.05, 4.69) is 11.7 Å². The molecule has 0 aromatic carbocycles. The fourth-order valence-electron chi connectivity index (χ4n) is 2.17. The molecule has 0 radical (unpaired) electrons. The molecule has 1 aliphatic carbocycles. The van der Waals surface area contributed by atoms with Gasteiger partial charge in [0, 0.05) is 6.54 Å². The van der Waals surface area contributed by atoms with Gasteiger partial charge in [0.2, 0.25) is 0 Å². The van der Waals surface area contributed by atoms with E-state index in [4.69, 9.17) is 5.73 Å². The molecule has 1 rings (SSSR count). The van der Waals surface area contributed by atoms with Crippen molar-refractivity contribution in [1.82, 2.24) is 0 Å². The number of alkyl halides is 2. The zero-order valence-electron chi connectivity index (χ0n) is 8.64. The Balaban J connectivity index is 2.48. The number of halogens is 2. The van der Waals surface area contributed by atoms with Crippen molar-refractivity contribution in [3.63, 3.8) is 0 Å². The molecule has 0 amide bonds. The molecule has 0 spiro atoms. The van der Waals surface area contributed by atoms with E-state index in [0.29, 0.717) is 18.8 Å². The van der Waals surface area contributed by atoms with Crippen molar-refractivity contribution in [1.29, 1.82) is 0 Å². The van der Waals surface area contributed by atoms with E-state index < -0.39 is 12.2 Å². The normalized spacial score (nSPS) is 33.6. The lowest BCUT2D eigenvalue weighted by molar-refractivity contribution is -0.217. The number of ether oxygens (including phenoxy) is 1. The van der Waals surface area contributed by atoms with Crippen LogP contribution in [0.5, 0.6) is 0 Å². The van der Waals surface area contributed by atoms with Crippen molar-refractivity contribution >= 4 is 0 Å². The van der Waals surface area contributed by atoms with Gasteiger partial charge < -0.3 is 10.5 Å². The van der Waals surface area contributed by atoms with E-state index in [1.54, 1.807) is 0 Å². The second-order valence-corrected chi connectivity index (χ2v) is 4.12. The second-order valence-electron chi connectivity index (χ2n) is 4.12. The molecule has 1 aliphatic rings. The molecule has 14 heavy (non-hydrogen) atoms. The lowest BCUT2D eigenvalue weighted by atomic mass is 9.78. The molecule has 2 N–H and O–H groups in total. The van der Waals surface area contributed by atoms with E-state index >= 15 is 0 Å². The molecule has 2 nitrogen and oxygen atoms in total. The molecule has 0 aliphatic heterocycles. The maximum atomic E-state index is 12.2. The summed E-state index contributed by atoms with van der Waals surface area (Å²) in [5, 5.41) is 0. The van der Waals surface area contributed by atoms with E-state index in [0.717, 1.165) is 19.3 Å². The van der Waals surface area contributed by atoms with Crippen LogP contribution >= 0.6 is 0 Å². The summed E-state index contributed by atoms with van der Waals surface area (Å²) in [6.45, 7) is -0.362. The predicted octanol–water partition coefficient (Wildman–Crippen LogP) is 2.52. The molecule has 0 bridgehead atoms. The number of hydrogen-bond acceptors (Lipinski definition) is 2. The van der Waals surface area contributed by atoms with Crippen LogP contribution in [0.25, 0.3) is 0 Å².